The van der Waals surface area contributed by atoms with E-state index in [0.717, 1.165) is 12.1 Å². The van der Waals surface area contributed by atoms with Crippen molar-refractivity contribution in [3.8, 4) is 5.75 Å². The second-order valence-electron chi connectivity index (χ2n) is 6.92. The average molecular weight is 493 g/mol. The van der Waals surface area contributed by atoms with Crippen LogP contribution in [-0.4, -0.2) is 52.0 Å². The number of nitrogens with one attached hydrogen (secondary N) is 1. The number of benzene rings is 2. The lowest BCUT2D eigenvalue weighted by atomic mass is 10.1. The first-order chi connectivity index (χ1) is 15.0. The molecule has 12 heteroatoms. The molecule has 0 atom stereocenters. The van der Waals surface area contributed by atoms with E-state index in [1.165, 1.54) is 35.7 Å². The molecule has 0 aliphatic carbocycles. The highest BCUT2D eigenvalue weighted by molar-refractivity contribution is 7.89. The number of anilines is 1. The van der Waals surface area contributed by atoms with Crippen LogP contribution in [0.3, 0.4) is 0 Å². The van der Waals surface area contributed by atoms with Gasteiger partial charge in [0.15, 0.2) is 0 Å². The summed E-state index contributed by atoms with van der Waals surface area (Å²) >= 11 is 5.59. The summed E-state index contributed by atoms with van der Waals surface area (Å²) in [6, 6.07) is 7.30. The lowest BCUT2D eigenvalue weighted by Gasteiger charge is -2.26. The van der Waals surface area contributed by atoms with E-state index in [1.54, 1.807) is 0 Å². The fraction of sp³-hybridized carbons (Fsp3) is 0.350. The summed E-state index contributed by atoms with van der Waals surface area (Å²) in [7, 11) is -2.56. The van der Waals surface area contributed by atoms with Crippen molar-refractivity contribution in [1.82, 2.24) is 4.31 Å². The summed E-state index contributed by atoms with van der Waals surface area (Å²) in [6.45, 7) is 0.915. The number of amides is 1. The third-order valence-electron chi connectivity index (χ3n) is 4.74. The van der Waals surface area contributed by atoms with Crippen molar-refractivity contribution in [3.63, 3.8) is 0 Å². The maximum Gasteiger partial charge on any atom is 0.417 e. The SMILES string of the molecule is COc1ccc(CC(=O)Nc2ccc(Cl)c(C(F)(F)F)c2)cc1S(=O)(=O)N1CCOCC1. The molecule has 1 saturated heterocycles. The van der Waals surface area contributed by atoms with Crippen LogP contribution < -0.4 is 10.1 Å². The minimum atomic E-state index is -4.67. The Hall–Kier alpha value is -2.34. The van der Waals surface area contributed by atoms with E-state index in [1.807, 2.05) is 0 Å². The Morgan fingerprint density at radius 3 is 2.50 bits per heavy atom. The zero-order valence-corrected chi connectivity index (χ0v) is 18.5. The second-order valence-corrected chi connectivity index (χ2v) is 9.23. The first kappa shape index (κ1) is 24.3. The third-order valence-corrected chi connectivity index (χ3v) is 6.99. The van der Waals surface area contributed by atoms with Crippen LogP contribution in [0.25, 0.3) is 0 Å². The number of nitrogens with zero attached hydrogens (tertiary/aromatic N) is 1. The minimum Gasteiger partial charge on any atom is -0.495 e. The number of hydrogen-bond acceptors (Lipinski definition) is 5. The van der Waals surface area contributed by atoms with Gasteiger partial charge in [0.1, 0.15) is 10.6 Å². The molecule has 1 amide bonds. The smallest absolute Gasteiger partial charge is 0.417 e. The molecule has 32 heavy (non-hydrogen) atoms. The van der Waals surface area contributed by atoms with Gasteiger partial charge in [-0.3, -0.25) is 4.79 Å². The molecule has 1 aliphatic heterocycles. The molecule has 7 nitrogen and oxygen atoms in total. The summed E-state index contributed by atoms with van der Waals surface area (Å²) in [5, 5.41) is 1.89. The molecule has 0 spiro atoms. The number of halogens is 4. The van der Waals surface area contributed by atoms with Crippen LogP contribution in [0.2, 0.25) is 5.02 Å². The van der Waals surface area contributed by atoms with Gasteiger partial charge in [0.25, 0.3) is 0 Å². The summed E-state index contributed by atoms with van der Waals surface area (Å²) in [6.07, 6.45) is -4.93. The monoisotopic (exact) mass is 492 g/mol. The highest BCUT2D eigenvalue weighted by atomic mass is 35.5. The Balaban J connectivity index is 1.81. The summed E-state index contributed by atoms with van der Waals surface area (Å²) in [4.78, 5) is 12.3. The van der Waals surface area contributed by atoms with Gasteiger partial charge < -0.3 is 14.8 Å². The second kappa shape index (κ2) is 9.65. The zero-order chi connectivity index (χ0) is 23.5. The molecule has 0 aromatic heterocycles. The molecule has 0 bridgehead atoms. The van der Waals surface area contributed by atoms with Crippen LogP contribution in [0.5, 0.6) is 5.75 Å². The Labute approximate surface area is 188 Å². The number of alkyl halides is 3. The van der Waals surface area contributed by atoms with E-state index < -0.39 is 32.7 Å². The van der Waals surface area contributed by atoms with Gasteiger partial charge in [0.2, 0.25) is 15.9 Å². The molecule has 0 saturated carbocycles. The highest BCUT2D eigenvalue weighted by Gasteiger charge is 2.33. The number of morpholine rings is 1. The molecule has 0 radical (unpaired) electrons. The summed E-state index contributed by atoms with van der Waals surface area (Å²) in [5.41, 5.74) is -0.804. The molecule has 3 rings (SSSR count). The predicted octanol–water partition coefficient (Wildman–Crippen LogP) is 3.57. The largest absolute Gasteiger partial charge is 0.495 e. The highest BCUT2D eigenvalue weighted by Crippen LogP contribution is 2.36. The average Bonchev–Trinajstić information content (AvgIpc) is 2.75. The quantitative estimate of drug-likeness (QED) is 0.666. The Kier molecular flexibility index (Phi) is 7.33. The van der Waals surface area contributed by atoms with E-state index >= 15 is 0 Å². The van der Waals surface area contributed by atoms with Crippen molar-refractivity contribution in [2.45, 2.75) is 17.5 Å². The van der Waals surface area contributed by atoms with Crippen molar-refractivity contribution in [2.75, 3.05) is 38.7 Å². The van der Waals surface area contributed by atoms with Gasteiger partial charge in [-0.05, 0) is 35.9 Å². The number of carbonyl (C=O) groups is 1. The molecular weight excluding hydrogens is 473 g/mol. The Morgan fingerprint density at radius 2 is 1.88 bits per heavy atom. The van der Waals surface area contributed by atoms with Crippen molar-refractivity contribution in [1.29, 1.82) is 0 Å². The molecule has 2 aromatic carbocycles. The number of carbonyl (C=O) groups excluding carboxylic acids is 1. The first-order valence-electron chi connectivity index (χ1n) is 9.44. The lowest BCUT2D eigenvalue weighted by Crippen LogP contribution is -2.40. The van der Waals surface area contributed by atoms with Crippen LogP contribution >= 0.6 is 11.6 Å². The number of ether oxygens (including phenoxy) is 2. The number of hydrogen-bond donors (Lipinski definition) is 1. The van der Waals surface area contributed by atoms with Crippen LogP contribution in [0.15, 0.2) is 41.3 Å². The topological polar surface area (TPSA) is 84.9 Å². The molecule has 1 N–H and O–H groups in total. The van der Waals surface area contributed by atoms with Gasteiger partial charge >= 0.3 is 6.18 Å². The van der Waals surface area contributed by atoms with Gasteiger partial charge in [-0.1, -0.05) is 17.7 Å². The molecule has 1 fully saturated rings. The number of sulfonamides is 1. The van der Waals surface area contributed by atoms with E-state index in [9.17, 15) is 26.4 Å². The van der Waals surface area contributed by atoms with E-state index in [-0.39, 0.29) is 49.1 Å². The summed E-state index contributed by atoms with van der Waals surface area (Å²) < 4.78 is 76.7. The third kappa shape index (κ3) is 5.52. The standard InChI is InChI=1S/C20H20ClF3N2O5S/c1-30-17-5-2-13(10-18(17)32(28,29)26-6-8-31-9-7-26)11-19(27)25-14-3-4-16(21)15(12-14)20(22,23)24/h2-5,10,12H,6-9,11H2,1H3,(H,25,27). The fourth-order valence-corrected chi connectivity index (χ4v) is 5.01. The fourth-order valence-electron chi connectivity index (χ4n) is 3.17. The van der Waals surface area contributed by atoms with Crippen LogP contribution in [-0.2, 0) is 32.2 Å². The maximum atomic E-state index is 13.0. The zero-order valence-electron chi connectivity index (χ0n) is 16.9. The van der Waals surface area contributed by atoms with Gasteiger partial charge in [-0.25, -0.2) is 8.42 Å². The predicted molar refractivity (Wildman–Crippen MR) is 111 cm³/mol. The normalized spacial score (nSPS) is 15.4. The van der Waals surface area contributed by atoms with E-state index in [2.05, 4.69) is 5.32 Å². The van der Waals surface area contributed by atoms with Crippen LogP contribution in [0.1, 0.15) is 11.1 Å². The lowest BCUT2D eigenvalue weighted by molar-refractivity contribution is -0.137. The van der Waals surface area contributed by atoms with Crippen LogP contribution in [0.4, 0.5) is 18.9 Å². The molecule has 1 aliphatic rings. The van der Waals surface area contributed by atoms with Gasteiger partial charge in [0, 0.05) is 18.8 Å². The van der Waals surface area contributed by atoms with Crippen molar-refractivity contribution in [2.24, 2.45) is 0 Å². The van der Waals surface area contributed by atoms with Gasteiger partial charge in [0.05, 0.1) is 37.3 Å². The van der Waals surface area contributed by atoms with Crippen molar-refractivity contribution in [3.05, 3.63) is 52.5 Å². The molecule has 174 valence electrons. The molecular formula is C20H20ClF3N2O5S. The van der Waals surface area contributed by atoms with Crippen molar-refractivity contribution >= 4 is 33.2 Å². The van der Waals surface area contributed by atoms with Gasteiger partial charge in [-0.2, -0.15) is 17.5 Å². The molecule has 2 aromatic rings. The summed E-state index contributed by atoms with van der Waals surface area (Å²) in [5.74, 6) is -0.506. The minimum absolute atomic E-state index is 0.0820. The van der Waals surface area contributed by atoms with Gasteiger partial charge in [-0.15, -0.1) is 0 Å². The number of methoxy groups -OCH3 is 1. The van der Waals surface area contributed by atoms with E-state index in [4.69, 9.17) is 21.1 Å². The number of rotatable bonds is 6. The Bertz CT molecular complexity index is 1100. The molecule has 1 heterocycles. The first-order valence-corrected chi connectivity index (χ1v) is 11.3. The Morgan fingerprint density at radius 1 is 1.19 bits per heavy atom. The maximum absolute atomic E-state index is 13.0. The van der Waals surface area contributed by atoms with E-state index in [0.29, 0.717) is 5.56 Å². The van der Waals surface area contributed by atoms with Crippen molar-refractivity contribution < 1.29 is 35.9 Å². The van der Waals surface area contributed by atoms with Crippen LogP contribution in [0, 0.1) is 0 Å². The molecule has 0 unspecified atom stereocenters.